The molecule has 16 heavy (non-hydrogen) atoms. The molecular weight excluding hydrogens is 238 g/mol. The van der Waals surface area contributed by atoms with E-state index in [1.54, 1.807) is 0 Å². The predicted molar refractivity (Wildman–Crippen MR) is 55.1 cm³/mol. The van der Waals surface area contributed by atoms with Gasteiger partial charge in [-0.2, -0.15) is 8.78 Å². The lowest BCUT2D eigenvalue weighted by Gasteiger charge is -2.02. The molecule has 1 heterocycles. The summed E-state index contributed by atoms with van der Waals surface area (Å²) in [5.41, 5.74) is 1.08. The number of ether oxygens (including phenoxy) is 1. The fraction of sp³-hybridized carbons (Fsp3) is 0.222. The molecule has 0 spiro atoms. The van der Waals surface area contributed by atoms with Crippen molar-refractivity contribution in [3.63, 3.8) is 0 Å². The summed E-state index contributed by atoms with van der Waals surface area (Å²) < 4.78 is 39.3. The third kappa shape index (κ3) is 2.19. The summed E-state index contributed by atoms with van der Waals surface area (Å²) in [4.78, 5) is 6.81. The Bertz CT molecular complexity index is 541. The zero-order valence-corrected chi connectivity index (χ0v) is 9.05. The van der Waals surface area contributed by atoms with Crippen molar-refractivity contribution < 1.29 is 17.7 Å². The lowest BCUT2D eigenvalue weighted by Crippen LogP contribution is -2.01. The van der Waals surface area contributed by atoms with E-state index in [9.17, 15) is 13.0 Å². The zero-order chi connectivity index (χ0) is 11.7. The number of fused-ring (bicyclic) bond motifs is 1. The van der Waals surface area contributed by atoms with Gasteiger partial charge in [0.15, 0.2) is 5.16 Å². The number of H-pyrrole nitrogens is 1. The molecule has 2 rings (SSSR count). The highest BCUT2D eigenvalue weighted by Crippen LogP contribution is 2.21. The fourth-order valence-corrected chi connectivity index (χ4v) is 1.76. The Hall–Kier alpha value is -1.50. The molecule has 1 N–H and O–H groups in total. The van der Waals surface area contributed by atoms with Crippen molar-refractivity contribution in [2.24, 2.45) is 0 Å². The van der Waals surface area contributed by atoms with Crippen LogP contribution < -0.4 is 4.74 Å². The predicted octanol–water partition coefficient (Wildman–Crippen LogP) is 1.90. The van der Waals surface area contributed by atoms with Gasteiger partial charge in [0, 0.05) is 12.3 Å². The van der Waals surface area contributed by atoms with Crippen LogP contribution in [0.1, 0.15) is 0 Å². The van der Waals surface area contributed by atoms with E-state index < -0.39 is 17.4 Å². The van der Waals surface area contributed by atoms with Gasteiger partial charge in [0.1, 0.15) is 5.75 Å². The highest BCUT2D eigenvalue weighted by molar-refractivity contribution is 7.84. The number of nitrogens with one attached hydrogen (secondary N) is 1. The molecule has 0 radical (unpaired) electrons. The largest absolute Gasteiger partial charge is 0.435 e. The first kappa shape index (κ1) is 11.0. The van der Waals surface area contributed by atoms with Gasteiger partial charge in [0.2, 0.25) is 0 Å². The van der Waals surface area contributed by atoms with Crippen molar-refractivity contribution in [1.29, 1.82) is 0 Å². The first-order valence-electron chi connectivity index (χ1n) is 4.34. The van der Waals surface area contributed by atoms with Gasteiger partial charge in [-0.1, -0.05) is 0 Å². The quantitative estimate of drug-likeness (QED) is 0.899. The second-order valence-electron chi connectivity index (χ2n) is 3.05. The van der Waals surface area contributed by atoms with Gasteiger partial charge in [0.05, 0.1) is 21.8 Å². The van der Waals surface area contributed by atoms with Crippen molar-refractivity contribution in [1.82, 2.24) is 9.97 Å². The Morgan fingerprint density at radius 1 is 1.50 bits per heavy atom. The number of nitrogens with zero attached hydrogens (tertiary/aromatic N) is 1. The highest BCUT2D eigenvalue weighted by atomic mass is 32.2. The summed E-state index contributed by atoms with van der Waals surface area (Å²) in [5.74, 6) is 0.0413. The van der Waals surface area contributed by atoms with E-state index >= 15 is 0 Å². The molecule has 0 saturated heterocycles. The fourth-order valence-electron chi connectivity index (χ4n) is 1.28. The Balaban J connectivity index is 2.41. The van der Waals surface area contributed by atoms with E-state index in [1.165, 1.54) is 24.5 Å². The van der Waals surface area contributed by atoms with Gasteiger partial charge in [-0.25, -0.2) is 4.98 Å². The highest BCUT2D eigenvalue weighted by Gasteiger charge is 2.09. The summed E-state index contributed by atoms with van der Waals surface area (Å²) in [6.45, 7) is -2.86. The van der Waals surface area contributed by atoms with Crippen LogP contribution in [0.25, 0.3) is 11.0 Å². The Morgan fingerprint density at radius 2 is 2.25 bits per heavy atom. The van der Waals surface area contributed by atoms with Crippen molar-refractivity contribution in [2.75, 3.05) is 6.26 Å². The Labute approximate surface area is 92.1 Å². The van der Waals surface area contributed by atoms with Crippen LogP contribution in [0.5, 0.6) is 5.75 Å². The molecule has 4 nitrogen and oxygen atoms in total. The van der Waals surface area contributed by atoms with E-state index in [4.69, 9.17) is 0 Å². The summed E-state index contributed by atoms with van der Waals surface area (Å²) >= 11 is 0. The number of hydrogen-bond donors (Lipinski definition) is 1. The third-order valence-corrected chi connectivity index (χ3v) is 2.67. The van der Waals surface area contributed by atoms with Gasteiger partial charge in [-0.05, 0) is 12.1 Å². The van der Waals surface area contributed by atoms with E-state index in [0.717, 1.165) is 0 Å². The molecule has 0 saturated carbocycles. The molecule has 0 amide bonds. The van der Waals surface area contributed by atoms with Gasteiger partial charge in [-0.3, -0.25) is 4.21 Å². The minimum absolute atomic E-state index is 0.0413. The molecule has 86 valence electrons. The molecule has 1 aromatic carbocycles. The average Bonchev–Trinajstić information content (AvgIpc) is 2.59. The van der Waals surface area contributed by atoms with Crippen LogP contribution >= 0.6 is 0 Å². The van der Waals surface area contributed by atoms with Gasteiger partial charge in [-0.15, -0.1) is 0 Å². The Morgan fingerprint density at radius 3 is 2.88 bits per heavy atom. The second-order valence-corrected chi connectivity index (χ2v) is 4.35. The number of alkyl halides is 2. The molecule has 0 bridgehead atoms. The molecule has 1 unspecified atom stereocenters. The lowest BCUT2D eigenvalue weighted by atomic mass is 10.3. The van der Waals surface area contributed by atoms with Crippen LogP contribution in [0.3, 0.4) is 0 Å². The van der Waals surface area contributed by atoms with Crippen molar-refractivity contribution in [3.05, 3.63) is 18.2 Å². The maximum Gasteiger partial charge on any atom is 0.387 e. The van der Waals surface area contributed by atoms with Crippen LogP contribution in [0, 0.1) is 0 Å². The van der Waals surface area contributed by atoms with E-state index in [1.807, 2.05) is 0 Å². The number of hydrogen-bond acceptors (Lipinski definition) is 3. The van der Waals surface area contributed by atoms with Crippen LogP contribution in [-0.2, 0) is 10.8 Å². The van der Waals surface area contributed by atoms with E-state index in [-0.39, 0.29) is 5.75 Å². The molecule has 0 fully saturated rings. The van der Waals surface area contributed by atoms with E-state index in [2.05, 4.69) is 14.7 Å². The first-order valence-corrected chi connectivity index (χ1v) is 5.90. The molecule has 7 heteroatoms. The number of halogens is 2. The van der Waals surface area contributed by atoms with Crippen molar-refractivity contribution in [2.45, 2.75) is 11.8 Å². The molecular formula is C9H8F2N2O2S. The first-order chi connectivity index (χ1) is 7.56. The normalized spacial score (nSPS) is 13.2. The summed E-state index contributed by atoms with van der Waals surface area (Å²) in [6, 6.07) is 4.31. The number of aromatic amines is 1. The second kappa shape index (κ2) is 4.17. The standard InChI is InChI=1S/C9H8F2N2O2S/c1-16(14)9-12-6-3-2-5(15-8(10)11)4-7(6)13-9/h2-4,8H,1H3,(H,12,13). The molecule has 1 atom stereocenters. The maximum atomic E-state index is 12.0. The molecule has 0 aliphatic carbocycles. The number of rotatable bonds is 3. The minimum Gasteiger partial charge on any atom is -0.435 e. The van der Waals surface area contributed by atoms with Crippen LogP contribution in [-0.4, -0.2) is 27.0 Å². The van der Waals surface area contributed by atoms with Crippen LogP contribution in [0.4, 0.5) is 8.78 Å². The third-order valence-electron chi connectivity index (χ3n) is 1.93. The van der Waals surface area contributed by atoms with Gasteiger partial charge < -0.3 is 9.72 Å². The number of benzene rings is 1. The topological polar surface area (TPSA) is 55.0 Å². The average molecular weight is 246 g/mol. The van der Waals surface area contributed by atoms with Crippen LogP contribution in [0.15, 0.2) is 23.4 Å². The van der Waals surface area contributed by atoms with E-state index in [0.29, 0.717) is 16.2 Å². The summed E-state index contributed by atoms with van der Waals surface area (Å²) in [6.07, 6.45) is 1.48. The van der Waals surface area contributed by atoms with Crippen molar-refractivity contribution in [3.8, 4) is 5.75 Å². The zero-order valence-electron chi connectivity index (χ0n) is 8.24. The number of imidazole rings is 1. The molecule has 0 aliphatic heterocycles. The maximum absolute atomic E-state index is 12.0. The van der Waals surface area contributed by atoms with Crippen molar-refractivity contribution >= 4 is 21.8 Å². The number of aromatic nitrogens is 2. The molecule has 0 aliphatic rings. The monoisotopic (exact) mass is 246 g/mol. The van der Waals surface area contributed by atoms with Gasteiger partial charge >= 0.3 is 6.61 Å². The molecule has 1 aromatic heterocycles. The SMILES string of the molecule is CS(=O)c1nc2ccc(OC(F)F)cc2[nH]1. The Kier molecular flexibility index (Phi) is 2.86. The van der Waals surface area contributed by atoms with Gasteiger partial charge in [0.25, 0.3) is 0 Å². The molecule has 2 aromatic rings. The van der Waals surface area contributed by atoms with Crippen LogP contribution in [0.2, 0.25) is 0 Å². The summed E-state index contributed by atoms with van der Waals surface area (Å²) in [5, 5.41) is 0.309. The lowest BCUT2D eigenvalue weighted by molar-refractivity contribution is -0.0497. The summed E-state index contributed by atoms with van der Waals surface area (Å²) in [7, 11) is -1.23. The smallest absolute Gasteiger partial charge is 0.387 e. The minimum atomic E-state index is -2.86.